The van der Waals surface area contributed by atoms with E-state index in [2.05, 4.69) is 21.2 Å². The molecule has 0 bridgehead atoms. The number of anilines is 1. The number of carbonyl (C=O) groups is 1. The minimum absolute atomic E-state index is 0.119. The Bertz CT molecular complexity index is 489. The summed E-state index contributed by atoms with van der Waals surface area (Å²) >= 11 is 3.12. The number of nitrogens with one attached hydrogen (secondary N) is 1. The summed E-state index contributed by atoms with van der Waals surface area (Å²) in [7, 11) is 0. The number of alkyl halides is 3. The van der Waals surface area contributed by atoms with E-state index < -0.39 is 23.8 Å². The molecule has 1 unspecified atom stereocenters. The summed E-state index contributed by atoms with van der Waals surface area (Å²) in [6, 6.07) is 2.99. The lowest BCUT2D eigenvalue weighted by molar-refractivity contribution is -0.137. The molecule has 0 aromatic heterocycles. The maximum absolute atomic E-state index is 12.9. The SMILES string of the molecule is CC(C)C(CC(=O)O)Nc1cc(Br)ccc1C(F)(F)F. The lowest BCUT2D eigenvalue weighted by atomic mass is 10.00. The Morgan fingerprint density at radius 1 is 1.40 bits per heavy atom. The highest BCUT2D eigenvalue weighted by Crippen LogP contribution is 2.37. The van der Waals surface area contributed by atoms with Gasteiger partial charge in [0.2, 0.25) is 0 Å². The van der Waals surface area contributed by atoms with Gasteiger partial charge in [-0.15, -0.1) is 0 Å². The summed E-state index contributed by atoms with van der Waals surface area (Å²) in [4.78, 5) is 10.8. The lowest BCUT2D eigenvalue weighted by Crippen LogP contribution is -2.29. The molecule has 1 aromatic rings. The van der Waals surface area contributed by atoms with Crippen molar-refractivity contribution in [3.8, 4) is 0 Å². The molecule has 1 atom stereocenters. The minimum Gasteiger partial charge on any atom is -0.481 e. The van der Waals surface area contributed by atoms with E-state index in [0.717, 1.165) is 6.07 Å². The molecule has 0 aliphatic heterocycles. The van der Waals surface area contributed by atoms with Gasteiger partial charge in [0.1, 0.15) is 0 Å². The van der Waals surface area contributed by atoms with Gasteiger partial charge >= 0.3 is 12.1 Å². The predicted molar refractivity (Wildman–Crippen MR) is 73.6 cm³/mol. The molecular weight excluding hydrogens is 339 g/mol. The van der Waals surface area contributed by atoms with Crippen molar-refractivity contribution in [2.24, 2.45) is 5.92 Å². The van der Waals surface area contributed by atoms with E-state index in [1.807, 2.05) is 0 Å². The predicted octanol–water partition coefficient (Wildman–Crippen LogP) is 4.38. The van der Waals surface area contributed by atoms with Crippen molar-refractivity contribution in [2.45, 2.75) is 32.5 Å². The van der Waals surface area contributed by atoms with Crippen LogP contribution in [0, 0.1) is 5.92 Å². The average Bonchev–Trinajstić information content (AvgIpc) is 2.25. The minimum atomic E-state index is -4.49. The first-order valence-electron chi connectivity index (χ1n) is 5.96. The van der Waals surface area contributed by atoms with Crippen LogP contribution in [-0.2, 0) is 11.0 Å². The number of benzene rings is 1. The molecule has 0 spiro atoms. The third-order valence-electron chi connectivity index (χ3n) is 2.83. The van der Waals surface area contributed by atoms with Gasteiger partial charge in [-0.25, -0.2) is 0 Å². The van der Waals surface area contributed by atoms with Crippen molar-refractivity contribution >= 4 is 27.6 Å². The summed E-state index contributed by atoms with van der Waals surface area (Å²) in [6.45, 7) is 3.51. The van der Waals surface area contributed by atoms with Gasteiger partial charge in [-0.05, 0) is 24.1 Å². The molecule has 2 N–H and O–H groups in total. The molecule has 0 saturated heterocycles. The Morgan fingerprint density at radius 3 is 2.45 bits per heavy atom. The highest BCUT2D eigenvalue weighted by molar-refractivity contribution is 9.10. The molecule has 0 aliphatic rings. The van der Waals surface area contributed by atoms with Gasteiger partial charge in [-0.2, -0.15) is 13.2 Å². The van der Waals surface area contributed by atoms with Crippen molar-refractivity contribution in [1.82, 2.24) is 0 Å². The first-order valence-corrected chi connectivity index (χ1v) is 6.75. The number of halogens is 4. The topological polar surface area (TPSA) is 49.3 Å². The third-order valence-corrected chi connectivity index (χ3v) is 3.32. The van der Waals surface area contributed by atoms with Crippen LogP contribution in [0.5, 0.6) is 0 Å². The molecule has 0 heterocycles. The quantitative estimate of drug-likeness (QED) is 0.825. The second-order valence-electron chi connectivity index (χ2n) is 4.78. The second kappa shape index (κ2) is 6.47. The Morgan fingerprint density at radius 2 is 2.00 bits per heavy atom. The van der Waals surface area contributed by atoms with E-state index in [4.69, 9.17) is 5.11 Å². The smallest absolute Gasteiger partial charge is 0.418 e. The van der Waals surface area contributed by atoms with Crippen LogP contribution in [0.2, 0.25) is 0 Å². The van der Waals surface area contributed by atoms with Crippen LogP contribution in [0.4, 0.5) is 18.9 Å². The lowest BCUT2D eigenvalue weighted by Gasteiger charge is -2.24. The van der Waals surface area contributed by atoms with Crippen LogP contribution in [0.25, 0.3) is 0 Å². The fraction of sp³-hybridized carbons (Fsp3) is 0.462. The van der Waals surface area contributed by atoms with E-state index in [1.165, 1.54) is 12.1 Å². The van der Waals surface area contributed by atoms with Crippen molar-refractivity contribution < 1.29 is 23.1 Å². The summed E-state index contributed by atoms with van der Waals surface area (Å²) in [6.07, 6.45) is -4.74. The van der Waals surface area contributed by atoms with E-state index in [9.17, 15) is 18.0 Å². The normalized spacial score (nSPS) is 13.3. The summed E-state index contributed by atoms with van der Waals surface area (Å²) < 4.78 is 39.3. The zero-order valence-corrected chi connectivity index (χ0v) is 12.5. The third kappa shape index (κ3) is 4.70. The molecule has 0 aliphatic carbocycles. The fourth-order valence-electron chi connectivity index (χ4n) is 1.72. The van der Waals surface area contributed by atoms with E-state index in [-0.39, 0.29) is 18.0 Å². The molecule has 3 nitrogen and oxygen atoms in total. The highest BCUT2D eigenvalue weighted by atomic mass is 79.9. The van der Waals surface area contributed by atoms with Gasteiger partial charge in [0.25, 0.3) is 0 Å². The zero-order valence-electron chi connectivity index (χ0n) is 11.0. The number of hydrogen-bond acceptors (Lipinski definition) is 2. The van der Waals surface area contributed by atoms with Crippen molar-refractivity contribution in [3.63, 3.8) is 0 Å². The molecule has 112 valence electrons. The monoisotopic (exact) mass is 353 g/mol. The molecular formula is C13H15BrF3NO2. The number of carboxylic acids is 1. The van der Waals surface area contributed by atoms with Gasteiger partial charge in [0, 0.05) is 16.2 Å². The standard InChI is InChI=1S/C13H15BrF3NO2/c1-7(2)10(6-12(19)20)18-11-5-8(14)3-4-9(11)13(15,16)17/h3-5,7,10,18H,6H2,1-2H3,(H,19,20). The fourth-order valence-corrected chi connectivity index (χ4v) is 2.09. The summed E-state index contributed by atoms with van der Waals surface area (Å²) in [5, 5.41) is 11.5. The van der Waals surface area contributed by atoms with Crippen LogP contribution in [0.1, 0.15) is 25.8 Å². The first kappa shape index (κ1) is 16.8. The van der Waals surface area contributed by atoms with Gasteiger partial charge < -0.3 is 10.4 Å². The maximum atomic E-state index is 12.9. The van der Waals surface area contributed by atoms with Crippen LogP contribution in [0.15, 0.2) is 22.7 Å². The number of aliphatic carboxylic acids is 1. The van der Waals surface area contributed by atoms with Crippen molar-refractivity contribution in [2.75, 3.05) is 5.32 Å². The van der Waals surface area contributed by atoms with Gasteiger partial charge in [0.05, 0.1) is 12.0 Å². The molecule has 0 fully saturated rings. The second-order valence-corrected chi connectivity index (χ2v) is 5.70. The van der Waals surface area contributed by atoms with E-state index in [0.29, 0.717) is 4.47 Å². The highest BCUT2D eigenvalue weighted by Gasteiger charge is 2.34. The molecule has 1 rings (SSSR count). The number of hydrogen-bond donors (Lipinski definition) is 2. The van der Waals surface area contributed by atoms with Crippen LogP contribution >= 0.6 is 15.9 Å². The molecule has 0 radical (unpaired) electrons. The van der Waals surface area contributed by atoms with Crippen LogP contribution in [0.3, 0.4) is 0 Å². The van der Waals surface area contributed by atoms with Crippen molar-refractivity contribution in [3.05, 3.63) is 28.2 Å². The van der Waals surface area contributed by atoms with Gasteiger partial charge in [-0.1, -0.05) is 29.8 Å². The molecule has 0 saturated carbocycles. The zero-order chi connectivity index (χ0) is 15.5. The van der Waals surface area contributed by atoms with E-state index >= 15 is 0 Å². The van der Waals surface area contributed by atoms with Crippen LogP contribution < -0.4 is 5.32 Å². The largest absolute Gasteiger partial charge is 0.481 e. The molecule has 0 amide bonds. The first-order chi connectivity index (χ1) is 9.11. The Kier molecular flexibility index (Phi) is 5.44. The number of carboxylic acid groups (broad SMARTS) is 1. The molecule has 20 heavy (non-hydrogen) atoms. The van der Waals surface area contributed by atoms with Crippen LogP contribution in [-0.4, -0.2) is 17.1 Å². The average molecular weight is 354 g/mol. The Balaban J connectivity index is 3.11. The molecule has 1 aromatic carbocycles. The number of rotatable bonds is 5. The summed E-state index contributed by atoms with van der Waals surface area (Å²) in [5.41, 5.74) is -0.927. The van der Waals surface area contributed by atoms with Crippen molar-refractivity contribution in [1.29, 1.82) is 0 Å². The maximum Gasteiger partial charge on any atom is 0.418 e. The van der Waals surface area contributed by atoms with Gasteiger partial charge in [-0.3, -0.25) is 4.79 Å². The van der Waals surface area contributed by atoms with Gasteiger partial charge in [0.15, 0.2) is 0 Å². The Hall–Kier alpha value is -1.24. The Labute approximate surface area is 123 Å². The summed E-state index contributed by atoms with van der Waals surface area (Å²) in [5.74, 6) is -1.18. The molecule has 7 heteroatoms. The van der Waals surface area contributed by atoms with E-state index in [1.54, 1.807) is 13.8 Å².